The van der Waals surface area contributed by atoms with Gasteiger partial charge in [0, 0.05) is 28.5 Å². The smallest absolute Gasteiger partial charge is 0.384 e. The minimum atomic E-state index is -4.45. The first-order valence-electron chi connectivity index (χ1n) is 12.5. The molecule has 3 amide bonds. The van der Waals surface area contributed by atoms with Gasteiger partial charge < -0.3 is 27.0 Å². The number of carbonyl (C=O) groups is 2. The summed E-state index contributed by atoms with van der Waals surface area (Å²) in [4.78, 5) is 25.2. The molecule has 210 valence electrons. The van der Waals surface area contributed by atoms with E-state index in [1.807, 2.05) is 19.1 Å². The summed E-state index contributed by atoms with van der Waals surface area (Å²) in [6.07, 6.45) is -4.45. The molecule has 0 bridgehead atoms. The monoisotopic (exact) mass is 560 g/mol. The number of hydrogen-bond acceptors (Lipinski definition) is 4. The lowest BCUT2D eigenvalue weighted by Gasteiger charge is -2.19. The molecule has 0 radical (unpaired) electrons. The molecule has 11 heteroatoms. The van der Waals surface area contributed by atoms with Crippen LogP contribution in [0.3, 0.4) is 0 Å². The first-order chi connectivity index (χ1) is 19.5. The fraction of sp³-hybridized carbons (Fsp3) is 0.100. The molecule has 4 rings (SSSR count). The second-order valence-electron chi connectivity index (χ2n) is 9.13. The molecule has 8 nitrogen and oxygen atoms in total. The molecule has 0 aliphatic carbocycles. The fourth-order valence-electron chi connectivity index (χ4n) is 3.92. The normalized spacial score (nSPS) is 11.7. The van der Waals surface area contributed by atoms with Gasteiger partial charge in [0.25, 0.3) is 5.91 Å². The number of halogens is 3. The van der Waals surface area contributed by atoms with E-state index in [2.05, 4.69) is 21.3 Å². The van der Waals surface area contributed by atoms with Crippen LogP contribution in [0.25, 0.3) is 0 Å². The number of amidine groups is 1. The van der Waals surface area contributed by atoms with E-state index >= 15 is 0 Å². The quantitative estimate of drug-likeness (QED) is 0.102. The Morgan fingerprint density at radius 2 is 1.27 bits per heavy atom. The van der Waals surface area contributed by atoms with Gasteiger partial charge in [0.2, 0.25) is 0 Å². The molecule has 0 saturated heterocycles. The van der Waals surface area contributed by atoms with Crippen LogP contribution in [-0.4, -0.2) is 17.8 Å². The molecule has 0 aliphatic rings. The van der Waals surface area contributed by atoms with Crippen LogP contribution in [0.15, 0.2) is 97.1 Å². The molecule has 7 N–H and O–H groups in total. The zero-order valence-electron chi connectivity index (χ0n) is 21.8. The van der Waals surface area contributed by atoms with Gasteiger partial charge >= 0.3 is 12.2 Å². The largest absolute Gasteiger partial charge is 0.416 e. The molecule has 0 aliphatic heterocycles. The SMILES string of the molecule is CC(Nc1ccccc1NC(=O)Nc1ccc(C(=N)N)cc1)c1ccc(C(=O)Nc2ccc(C(F)(F)F)cc2)cc1. The summed E-state index contributed by atoms with van der Waals surface area (Å²) in [6.45, 7) is 1.92. The van der Waals surface area contributed by atoms with Crippen molar-refractivity contribution in [2.75, 3.05) is 21.3 Å². The van der Waals surface area contributed by atoms with E-state index in [4.69, 9.17) is 11.1 Å². The Hall–Kier alpha value is -5.32. The molecule has 4 aromatic rings. The minimum Gasteiger partial charge on any atom is -0.384 e. The van der Waals surface area contributed by atoms with E-state index in [1.165, 1.54) is 12.1 Å². The number of alkyl halides is 3. The number of benzene rings is 4. The second-order valence-corrected chi connectivity index (χ2v) is 9.13. The summed E-state index contributed by atoms with van der Waals surface area (Å²) in [5.41, 5.74) is 8.43. The van der Waals surface area contributed by atoms with E-state index in [9.17, 15) is 22.8 Å². The van der Waals surface area contributed by atoms with Crippen LogP contribution in [0.2, 0.25) is 0 Å². The molecule has 4 aromatic carbocycles. The molecule has 0 saturated carbocycles. The summed E-state index contributed by atoms with van der Waals surface area (Å²) in [5.74, 6) is -0.514. The third kappa shape index (κ3) is 7.63. The van der Waals surface area contributed by atoms with Gasteiger partial charge in [-0.05, 0) is 85.3 Å². The summed E-state index contributed by atoms with van der Waals surface area (Å²) in [7, 11) is 0. The standard InChI is InChI=1S/C30H27F3N6O2/c1-18(19-6-8-21(9-7-19)28(40)37-23-16-12-22(13-17-23)30(31,32)33)36-25-4-2-3-5-26(25)39-29(41)38-24-14-10-20(11-15-24)27(34)35/h2-18,36H,1H3,(H3,34,35)(H,37,40)(H2,38,39,41). The number of nitrogens with one attached hydrogen (secondary N) is 5. The zero-order valence-corrected chi connectivity index (χ0v) is 21.8. The molecule has 0 aromatic heterocycles. The van der Waals surface area contributed by atoms with E-state index in [-0.39, 0.29) is 17.6 Å². The van der Waals surface area contributed by atoms with Crippen LogP contribution in [0.5, 0.6) is 0 Å². The number of urea groups is 1. The zero-order chi connectivity index (χ0) is 29.6. The maximum atomic E-state index is 12.8. The number of anilines is 4. The van der Waals surface area contributed by atoms with Crippen LogP contribution < -0.4 is 27.0 Å². The number of nitrogen functional groups attached to an aromatic ring is 1. The van der Waals surface area contributed by atoms with Crippen molar-refractivity contribution in [3.05, 3.63) is 119 Å². The van der Waals surface area contributed by atoms with Crippen molar-refractivity contribution in [1.29, 1.82) is 5.41 Å². The second kappa shape index (κ2) is 12.2. The van der Waals surface area contributed by atoms with E-state index in [0.29, 0.717) is 28.2 Å². The average Bonchev–Trinajstić information content (AvgIpc) is 2.94. The van der Waals surface area contributed by atoms with Crippen molar-refractivity contribution in [2.24, 2.45) is 5.73 Å². The third-order valence-electron chi connectivity index (χ3n) is 6.14. The molecule has 1 unspecified atom stereocenters. The van der Waals surface area contributed by atoms with E-state index in [0.717, 1.165) is 17.7 Å². The fourth-order valence-corrected chi connectivity index (χ4v) is 3.92. The minimum absolute atomic E-state index is 0.0637. The van der Waals surface area contributed by atoms with E-state index in [1.54, 1.807) is 60.7 Å². The lowest BCUT2D eigenvalue weighted by atomic mass is 10.0. The van der Waals surface area contributed by atoms with Gasteiger partial charge in [0.15, 0.2) is 0 Å². The first-order valence-corrected chi connectivity index (χ1v) is 12.5. The van der Waals surface area contributed by atoms with Crippen LogP contribution in [-0.2, 0) is 6.18 Å². The van der Waals surface area contributed by atoms with Gasteiger partial charge in [-0.25, -0.2) is 4.79 Å². The summed E-state index contributed by atoms with van der Waals surface area (Å²) >= 11 is 0. The van der Waals surface area contributed by atoms with Crippen molar-refractivity contribution >= 4 is 40.5 Å². The number of para-hydroxylation sites is 2. The highest BCUT2D eigenvalue weighted by Crippen LogP contribution is 2.30. The number of nitrogens with two attached hydrogens (primary N) is 1. The van der Waals surface area contributed by atoms with Crippen molar-refractivity contribution in [2.45, 2.75) is 19.1 Å². The van der Waals surface area contributed by atoms with Gasteiger partial charge in [-0.1, -0.05) is 24.3 Å². The van der Waals surface area contributed by atoms with Crippen LogP contribution in [0, 0.1) is 5.41 Å². The first kappa shape index (κ1) is 28.7. The predicted octanol–water partition coefficient (Wildman–Crippen LogP) is 7.06. The highest BCUT2D eigenvalue weighted by molar-refractivity contribution is 6.04. The summed E-state index contributed by atoms with van der Waals surface area (Å²) < 4.78 is 38.3. The van der Waals surface area contributed by atoms with Gasteiger partial charge in [0.05, 0.1) is 16.9 Å². The Labute approximate surface area is 234 Å². The number of rotatable bonds is 8. The lowest BCUT2D eigenvalue weighted by Crippen LogP contribution is -2.21. The maximum Gasteiger partial charge on any atom is 0.416 e. The Morgan fingerprint density at radius 3 is 1.85 bits per heavy atom. The van der Waals surface area contributed by atoms with Crippen LogP contribution >= 0.6 is 0 Å². The van der Waals surface area contributed by atoms with Crippen molar-refractivity contribution in [3.8, 4) is 0 Å². The molecular weight excluding hydrogens is 533 g/mol. The Bertz CT molecular complexity index is 1540. The number of carbonyl (C=O) groups excluding carboxylic acids is 2. The van der Waals surface area contributed by atoms with Gasteiger partial charge in [-0.3, -0.25) is 10.2 Å². The van der Waals surface area contributed by atoms with Gasteiger partial charge in [0.1, 0.15) is 5.84 Å². The highest BCUT2D eigenvalue weighted by Gasteiger charge is 2.30. The molecule has 1 atom stereocenters. The van der Waals surface area contributed by atoms with E-state index < -0.39 is 23.7 Å². The van der Waals surface area contributed by atoms with Crippen LogP contribution in [0.1, 0.15) is 40.0 Å². The van der Waals surface area contributed by atoms with Crippen molar-refractivity contribution in [1.82, 2.24) is 0 Å². The van der Waals surface area contributed by atoms with Crippen LogP contribution in [0.4, 0.5) is 40.7 Å². The molecule has 0 fully saturated rings. The van der Waals surface area contributed by atoms with Gasteiger partial charge in [-0.15, -0.1) is 0 Å². The molecule has 0 spiro atoms. The predicted molar refractivity (Wildman–Crippen MR) is 154 cm³/mol. The van der Waals surface area contributed by atoms with Gasteiger partial charge in [-0.2, -0.15) is 13.2 Å². The third-order valence-corrected chi connectivity index (χ3v) is 6.14. The molecule has 41 heavy (non-hydrogen) atoms. The maximum absolute atomic E-state index is 12.8. The highest BCUT2D eigenvalue weighted by atomic mass is 19.4. The summed E-state index contributed by atoms with van der Waals surface area (Å²) in [6, 6.07) is 24.1. The lowest BCUT2D eigenvalue weighted by molar-refractivity contribution is -0.137. The number of hydrogen-bond donors (Lipinski definition) is 6. The Morgan fingerprint density at radius 1 is 0.732 bits per heavy atom. The molecular formula is C30H27F3N6O2. The van der Waals surface area contributed by atoms with Crippen molar-refractivity contribution < 1.29 is 22.8 Å². The topological polar surface area (TPSA) is 132 Å². The summed E-state index contributed by atoms with van der Waals surface area (Å²) in [5, 5.41) is 18.9. The Balaban J connectivity index is 1.36. The Kier molecular flexibility index (Phi) is 8.57. The molecule has 0 heterocycles. The number of amides is 3. The van der Waals surface area contributed by atoms with Crippen molar-refractivity contribution in [3.63, 3.8) is 0 Å². The average molecular weight is 561 g/mol.